The van der Waals surface area contributed by atoms with Crippen molar-refractivity contribution < 1.29 is 4.74 Å². The summed E-state index contributed by atoms with van der Waals surface area (Å²) in [5.74, 6) is 0. The zero-order chi connectivity index (χ0) is 9.68. The molecule has 1 heterocycles. The summed E-state index contributed by atoms with van der Waals surface area (Å²) in [6, 6.07) is 2.05. The number of pyridine rings is 1. The van der Waals surface area contributed by atoms with Gasteiger partial charge in [-0.3, -0.25) is 4.98 Å². The monoisotopic (exact) mass is 243 g/mol. The summed E-state index contributed by atoms with van der Waals surface area (Å²) in [7, 11) is 1.72. The molecular formula is C10H14BrNO. The maximum absolute atomic E-state index is 5.05. The van der Waals surface area contributed by atoms with Crippen LogP contribution in [-0.4, -0.2) is 23.5 Å². The molecule has 3 heteroatoms. The number of nitrogens with zero attached hydrogens (tertiary/aromatic N) is 1. The number of aryl methyl sites for hydroxylation is 1. The summed E-state index contributed by atoms with van der Waals surface area (Å²) in [6.45, 7) is 2.82. The Morgan fingerprint density at radius 2 is 2.38 bits per heavy atom. The van der Waals surface area contributed by atoms with E-state index in [0.29, 0.717) is 4.83 Å². The molecular weight excluding hydrogens is 230 g/mol. The normalized spacial score (nSPS) is 12.8. The van der Waals surface area contributed by atoms with Gasteiger partial charge in [-0.15, -0.1) is 0 Å². The molecule has 0 aliphatic carbocycles. The minimum atomic E-state index is 0.388. The van der Waals surface area contributed by atoms with Crippen molar-refractivity contribution in [3.8, 4) is 0 Å². The van der Waals surface area contributed by atoms with Gasteiger partial charge in [0.05, 0.1) is 6.61 Å². The Morgan fingerprint density at radius 1 is 1.62 bits per heavy atom. The van der Waals surface area contributed by atoms with Gasteiger partial charge in [0.15, 0.2) is 0 Å². The molecule has 13 heavy (non-hydrogen) atoms. The molecule has 0 saturated heterocycles. The van der Waals surface area contributed by atoms with Crippen LogP contribution in [0.3, 0.4) is 0 Å². The van der Waals surface area contributed by atoms with E-state index in [4.69, 9.17) is 4.74 Å². The van der Waals surface area contributed by atoms with Gasteiger partial charge in [-0.25, -0.2) is 0 Å². The van der Waals surface area contributed by atoms with E-state index in [-0.39, 0.29) is 0 Å². The lowest BCUT2D eigenvalue weighted by Crippen LogP contribution is -2.10. The number of methoxy groups -OCH3 is 1. The molecule has 0 saturated carbocycles. The number of aromatic nitrogens is 1. The van der Waals surface area contributed by atoms with Crippen molar-refractivity contribution in [3.05, 3.63) is 29.6 Å². The number of ether oxygens (including phenoxy) is 1. The van der Waals surface area contributed by atoms with Gasteiger partial charge in [0, 0.05) is 24.3 Å². The molecule has 1 atom stereocenters. The van der Waals surface area contributed by atoms with Crippen molar-refractivity contribution in [2.75, 3.05) is 13.7 Å². The van der Waals surface area contributed by atoms with Crippen molar-refractivity contribution in [1.82, 2.24) is 4.98 Å². The van der Waals surface area contributed by atoms with Crippen LogP contribution in [0.2, 0.25) is 0 Å². The third kappa shape index (κ3) is 3.44. The first-order chi connectivity index (χ1) is 6.24. The van der Waals surface area contributed by atoms with Crippen molar-refractivity contribution >= 4 is 15.9 Å². The molecule has 0 amide bonds. The second-order valence-corrected chi connectivity index (χ2v) is 4.35. The zero-order valence-corrected chi connectivity index (χ0v) is 9.54. The van der Waals surface area contributed by atoms with Crippen LogP contribution in [0.25, 0.3) is 0 Å². The molecule has 0 aliphatic heterocycles. The van der Waals surface area contributed by atoms with E-state index in [1.165, 1.54) is 11.1 Å². The number of hydrogen-bond donors (Lipinski definition) is 0. The minimum Gasteiger partial charge on any atom is -0.384 e. The first kappa shape index (κ1) is 10.7. The van der Waals surface area contributed by atoms with Gasteiger partial charge in [0.1, 0.15) is 0 Å². The van der Waals surface area contributed by atoms with E-state index in [9.17, 15) is 0 Å². The Labute approximate surface area is 87.5 Å². The lowest BCUT2D eigenvalue weighted by molar-refractivity contribution is 0.200. The lowest BCUT2D eigenvalue weighted by Gasteiger charge is -2.09. The van der Waals surface area contributed by atoms with Gasteiger partial charge in [-0.1, -0.05) is 15.9 Å². The predicted molar refractivity (Wildman–Crippen MR) is 57.3 cm³/mol. The molecule has 0 radical (unpaired) electrons. The summed E-state index contributed by atoms with van der Waals surface area (Å²) >= 11 is 3.56. The van der Waals surface area contributed by atoms with Crippen LogP contribution < -0.4 is 0 Å². The second-order valence-electron chi connectivity index (χ2n) is 3.06. The van der Waals surface area contributed by atoms with Crippen molar-refractivity contribution in [1.29, 1.82) is 0 Å². The SMILES string of the molecule is COCC(Br)Cc1ccncc1C. The first-order valence-electron chi connectivity index (χ1n) is 4.26. The molecule has 72 valence electrons. The van der Waals surface area contributed by atoms with E-state index in [1.807, 2.05) is 12.4 Å². The van der Waals surface area contributed by atoms with E-state index in [0.717, 1.165) is 13.0 Å². The molecule has 1 rings (SSSR count). The third-order valence-corrected chi connectivity index (χ3v) is 2.51. The lowest BCUT2D eigenvalue weighted by atomic mass is 10.1. The van der Waals surface area contributed by atoms with Gasteiger partial charge in [0.25, 0.3) is 0 Å². The maximum Gasteiger partial charge on any atom is 0.0590 e. The highest BCUT2D eigenvalue weighted by Gasteiger charge is 2.06. The molecule has 0 fully saturated rings. The summed E-state index contributed by atoms with van der Waals surface area (Å²) in [4.78, 5) is 4.44. The molecule has 0 spiro atoms. The second kappa shape index (κ2) is 5.35. The van der Waals surface area contributed by atoms with Gasteiger partial charge in [-0.2, -0.15) is 0 Å². The van der Waals surface area contributed by atoms with Crippen LogP contribution in [0.1, 0.15) is 11.1 Å². The summed E-state index contributed by atoms with van der Waals surface area (Å²) < 4.78 is 5.05. The highest BCUT2D eigenvalue weighted by Crippen LogP contribution is 2.12. The first-order valence-corrected chi connectivity index (χ1v) is 5.18. The number of rotatable bonds is 4. The Kier molecular flexibility index (Phi) is 4.39. The fraction of sp³-hybridized carbons (Fsp3) is 0.500. The maximum atomic E-state index is 5.05. The fourth-order valence-electron chi connectivity index (χ4n) is 1.21. The van der Waals surface area contributed by atoms with Gasteiger partial charge in [0.2, 0.25) is 0 Å². The number of hydrogen-bond acceptors (Lipinski definition) is 2. The number of halogens is 1. The van der Waals surface area contributed by atoms with E-state index in [1.54, 1.807) is 7.11 Å². The fourth-order valence-corrected chi connectivity index (χ4v) is 1.82. The number of alkyl halides is 1. The quantitative estimate of drug-likeness (QED) is 0.758. The summed E-state index contributed by atoms with van der Waals surface area (Å²) in [6.07, 6.45) is 4.71. The van der Waals surface area contributed by atoms with Crippen LogP contribution in [-0.2, 0) is 11.2 Å². The van der Waals surface area contributed by atoms with Crippen LogP contribution in [0.5, 0.6) is 0 Å². The highest BCUT2D eigenvalue weighted by molar-refractivity contribution is 9.09. The molecule has 1 aromatic rings. The summed E-state index contributed by atoms with van der Waals surface area (Å²) in [5, 5.41) is 0. The summed E-state index contributed by atoms with van der Waals surface area (Å²) in [5.41, 5.74) is 2.57. The van der Waals surface area contributed by atoms with Gasteiger partial charge in [-0.05, 0) is 30.5 Å². The standard InChI is InChI=1S/C10H14BrNO/c1-8-6-12-4-3-9(8)5-10(11)7-13-2/h3-4,6,10H,5,7H2,1-2H3. The smallest absolute Gasteiger partial charge is 0.0590 e. The minimum absolute atomic E-state index is 0.388. The molecule has 0 aromatic carbocycles. The highest BCUT2D eigenvalue weighted by atomic mass is 79.9. The topological polar surface area (TPSA) is 22.1 Å². The molecule has 1 unspecified atom stereocenters. The van der Waals surface area contributed by atoms with Gasteiger partial charge >= 0.3 is 0 Å². The van der Waals surface area contributed by atoms with Crippen molar-refractivity contribution in [2.45, 2.75) is 18.2 Å². The van der Waals surface area contributed by atoms with E-state index < -0.39 is 0 Å². The van der Waals surface area contributed by atoms with Crippen LogP contribution >= 0.6 is 15.9 Å². The molecule has 0 bridgehead atoms. The van der Waals surface area contributed by atoms with Crippen LogP contribution in [0.4, 0.5) is 0 Å². The van der Waals surface area contributed by atoms with Crippen molar-refractivity contribution in [3.63, 3.8) is 0 Å². The Bertz CT molecular complexity index is 265. The molecule has 0 N–H and O–H groups in total. The Morgan fingerprint density at radius 3 is 3.00 bits per heavy atom. The predicted octanol–water partition coefficient (Wildman–Crippen LogP) is 2.34. The average molecular weight is 244 g/mol. The Balaban J connectivity index is 2.58. The van der Waals surface area contributed by atoms with Gasteiger partial charge < -0.3 is 4.74 Å². The van der Waals surface area contributed by atoms with Crippen LogP contribution in [0.15, 0.2) is 18.5 Å². The molecule has 1 aromatic heterocycles. The molecule has 2 nitrogen and oxygen atoms in total. The Hall–Kier alpha value is -0.410. The van der Waals surface area contributed by atoms with E-state index in [2.05, 4.69) is 33.9 Å². The zero-order valence-electron chi connectivity index (χ0n) is 7.96. The average Bonchev–Trinajstić information content (AvgIpc) is 2.09. The molecule has 0 aliphatic rings. The van der Waals surface area contributed by atoms with Crippen molar-refractivity contribution in [2.24, 2.45) is 0 Å². The third-order valence-electron chi connectivity index (χ3n) is 1.93. The van der Waals surface area contributed by atoms with Crippen LogP contribution in [0, 0.1) is 6.92 Å². The largest absolute Gasteiger partial charge is 0.384 e. The van der Waals surface area contributed by atoms with E-state index >= 15 is 0 Å².